The third-order valence-electron chi connectivity index (χ3n) is 2.94. The Balaban J connectivity index is 1.67. The Labute approximate surface area is 119 Å². The Morgan fingerprint density at radius 3 is 2.60 bits per heavy atom. The predicted octanol–water partition coefficient (Wildman–Crippen LogP) is 1.77. The maximum Gasteiger partial charge on any atom is 0.188 e. The van der Waals surface area contributed by atoms with Gasteiger partial charge in [0.25, 0.3) is 0 Å². The van der Waals surface area contributed by atoms with Crippen molar-refractivity contribution < 1.29 is 0 Å². The number of guanidine groups is 1. The lowest BCUT2D eigenvalue weighted by molar-refractivity contribution is 0.840. The van der Waals surface area contributed by atoms with Crippen LogP contribution in [-0.2, 0) is 12.8 Å². The molecule has 0 aliphatic carbocycles. The van der Waals surface area contributed by atoms with Crippen molar-refractivity contribution in [1.82, 2.24) is 10.3 Å². The number of nitrogens with one attached hydrogen (secondary N) is 1. The monoisotopic (exact) mass is 268 g/mol. The molecule has 2 rings (SSSR count). The van der Waals surface area contributed by atoms with E-state index in [2.05, 4.69) is 27.4 Å². The van der Waals surface area contributed by atoms with Crippen molar-refractivity contribution in [3.05, 3.63) is 66.0 Å². The van der Waals surface area contributed by atoms with Gasteiger partial charge in [-0.05, 0) is 24.1 Å². The minimum absolute atomic E-state index is 0.497. The topological polar surface area (TPSA) is 63.3 Å². The van der Waals surface area contributed by atoms with Gasteiger partial charge in [-0.15, -0.1) is 0 Å². The second kappa shape index (κ2) is 7.94. The third kappa shape index (κ3) is 5.10. The van der Waals surface area contributed by atoms with Gasteiger partial charge in [0.2, 0.25) is 0 Å². The van der Waals surface area contributed by atoms with E-state index in [1.165, 1.54) is 5.56 Å². The number of nitrogens with zero attached hydrogens (tertiary/aromatic N) is 2. The van der Waals surface area contributed by atoms with Crippen LogP contribution >= 0.6 is 0 Å². The minimum atomic E-state index is 0.497. The molecule has 0 atom stereocenters. The molecule has 3 N–H and O–H groups in total. The zero-order chi connectivity index (χ0) is 14.0. The Bertz CT molecular complexity index is 523. The molecule has 20 heavy (non-hydrogen) atoms. The van der Waals surface area contributed by atoms with Crippen LogP contribution in [0.15, 0.2) is 59.7 Å². The average molecular weight is 268 g/mol. The molecule has 0 fully saturated rings. The van der Waals surface area contributed by atoms with Gasteiger partial charge in [-0.25, -0.2) is 0 Å². The molecular weight excluding hydrogens is 248 g/mol. The summed E-state index contributed by atoms with van der Waals surface area (Å²) in [7, 11) is 0. The molecule has 0 amide bonds. The molecule has 0 radical (unpaired) electrons. The van der Waals surface area contributed by atoms with Crippen LogP contribution in [0.2, 0.25) is 0 Å². The second-order valence-electron chi connectivity index (χ2n) is 4.50. The van der Waals surface area contributed by atoms with Crippen molar-refractivity contribution in [2.24, 2.45) is 10.7 Å². The average Bonchev–Trinajstić information content (AvgIpc) is 2.49. The Kier molecular flexibility index (Phi) is 5.58. The number of benzene rings is 1. The lowest BCUT2D eigenvalue weighted by atomic mass is 10.1. The molecule has 0 unspecified atom stereocenters. The molecular formula is C16H20N4. The summed E-state index contributed by atoms with van der Waals surface area (Å²) in [6.07, 6.45) is 3.54. The first-order valence-electron chi connectivity index (χ1n) is 6.82. The summed E-state index contributed by atoms with van der Waals surface area (Å²) in [5.41, 5.74) is 8.15. The van der Waals surface area contributed by atoms with Crippen molar-refractivity contribution in [2.45, 2.75) is 12.8 Å². The van der Waals surface area contributed by atoms with Gasteiger partial charge in [0.05, 0.1) is 0 Å². The van der Waals surface area contributed by atoms with Crippen LogP contribution < -0.4 is 11.1 Å². The summed E-state index contributed by atoms with van der Waals surface area (Å²) < 4.78 is 0. The van der Waals surface area contributed by atoms with Crippen molar-refractivity contribution in [3.63, 3.8) is 0 Å². The summed E-state index contributed by atoms with van der Waals surface area (Å²) in [4.78, 5) is 8.54. The highest BCUT2D eigenvalue weighted by atomic mass is 15.1. The van der Waals surface area contributed by atoms with E-state index in [9.17, 15) is 0 Å². The van der Waals surface area contributed by atoms with E-state index < -0.39 is 0 Å². The standard InChI is InChI=1S/C16H20N4/c17-16(19-12-9-14-6-2-1-3-7-14)20-13-10-15-8-4-5-11-18-15/h1-8,11H,9-10,12-13H2,(H3,17,19,20). The molecule has 1 heterocycles. The van der Waals surface area contributed by atoms with Crippen LogP contribution in [0.5, 0.6) is 0 Å². The predicted molar refractivity (Wildman–Crippen MR) is 82.6 cm³/mol. The van der Waals surface area contributed by atoms with Crippen LogP contribution in [-0.4, -0.2) is 24.0 Å². The SMILES string of the molecule is NC(=NCCc1ccccn1)NCCc1ccccc1. The minimum Gasteiger partial charge on any atom is -0.370 e. The van der Waals surface area contributed by atoms with E-state index in [1.807, 2.05) is 36.4 Å². The fraction of sp³-hybridized carbons (Fsp3) is 0.250. The van der Waals surface area contributed by atoms with E-state index >= 15 is 0 Å². The van der Waals surface area contributed by atoms with Gasteiger partial charge >= 0.3 is 0 Å². The van der Waals surface area contributed by atoms with Crippen molar-refractivity contribution >= 4 is 5.96 Å². The lowest BCUT2D eigenvalue weighted by Crippen LogP contribution is -2.33. The molecule has 2 aromatic rings. The second-order valence-corrected chi connectivity index (χ2v) is 4.50. The van der Waals surface area contributed by atoms with Crippen molar-refractivity contribution in [2.75, 3.05) is 13.1 Å². The van der Waals surface area contributed by atoms with Gasteiger partial charge in [-0.1, -0.05) is 36.4 Å². The van der Waals surface area contributed by atoms with Gasteiger partial charge in [0.15, 0.2) is 5.96 Å². The summed E-state index contributed by atoms with van der Waals surface area (Å²) in [5.74, 6) is 0.497. The van der Waals surface area contributed by atoms with Crippen LogP contribution in [0.25, 0.3) is 0 Å². The van der Waals surface area contributed by atoms with Gasteiger partial charge in [-0.2, -0.15) is 0 Å². The zero-order valence-corrected chi connectivity index (χ0v) is 11.5. The van der Waals surface area contributed by atoms with Crippen molar-refractivity contribution in [1.29, 1.82) is 0 Å². The number of nitrogens with two attached hydrogens (primary N) is 1. The number of aliphatic imine (C=N–C) groups is 1. The van der Waals surface area contributed by atoms with Crippen LogP contribution in [0.4, 0.5) is 0 Å². The first-order valence-corrected chi connectivity index (χ1v) is 6.82. The first kappa shape index (κ1) is 14.1. The molecule has 1 aromatic heterocycles. The van der Waals surface area contributed by atoms with E-state index in [4.69, 9.17) is 5.73 Å². The highest BCUT2D eigenvalue weighted by Gasteiger charge is 1.95. The summed E-state index contributed by atoms with van der Waals surface area (Å²) in [5, 5.41) is 3.12. The normalized spacial score (nSPS) is 11.3. The maximum atomic E-state index is 5.82. The number of aromatic nitrogens is 1. The molecule has 0 aliphatic heterocycles. The first-order chi connectivity index (χ1) is 9.84. The van der Waals surface area contributed by atoms with E-state index in [1.54, 1.807) is 6.20 Å². The molecule has 4 nitrogen and oxygen atoms in total. The Hall–Kier alpha value is -2.36. The van der Waals surface area contributed by atoms with Gasteiger partial charge in [0, 0.05) is 31.4 Å². The summed E-state index contributed by atoms with van der Waals surface area (Å²) in [6, 6.07) is 16.2. The molecule has 0 saturated heterocycles. The molecule has 0 saturated carbocycles. The quantitative estimate of drug-likeness (QED) is 0.620. The van der Waals surface area contributed by atoms with E-state index in [-0.39, 0.29) is 0 Å². The molecule has 104 valence electrons. The fourth-order valence-electron chi connectivity index (χ4n) is 1.87. The number of pyridine rings is 1. The van der Waals surface area contributed by atoms with Gasteiger partial charge in [0.1, 0.15) is 0 Å². The van der Waals surface area contributed by atoms with Gasteiger partial charge in [-0.3, -0.25) is 9.98 Å². The zero-order valence-electron chi connectivity index (χ0n) is 11.5. The lowest BCUT2D eigenvalue weighted by Gasteiger charge is -2.05. The van der Waals surface area contributed by atoms with Gasteiger partial charge < -0.3 is 11.1 Å². The Morgan fingerprint density at radius 1 is 1.05 bits per heavy atom. The fourth-order valence-corrected chi connectivity index (χ4v) is 1.87. The number of hydrogen-bond donors (Lipinski definition) is 2. The molecule has 1 aromatic carbocycles. The highest BCUT2D eigenvalue weighted by molar-refractivity contribution is 5.77. The molecule has 0 bridgehead atoms. The highest BCUT2D eigenvalue weighted by Crippen LogP contribution is 1.98. The third-order valence-corrected chi connectivity index (χ3v) is 2.94. The van der Waals surface area contributed by atoms with Crippen LogP contribution in [0.1, 0.15) is 11.3 Å². The molecule has 0 aliphatic rings. The number of rotatable bonds is 6. The maximum absolute atomic E-state index is 5.82. The largest absolute Gasteiger partial charge is 0.370 e. The number of hydrogen-bond acceptors (Lipinski definition) is 2. The summed E-state index contributed by atoms with van der Waals surface area (Å²) in [6.45, 7) is 1.45. The van der Waals surface area contributed by atoms with Crippen LogP contribution in [0, 0.1) is 0 Å². The van der Waals surface area contributed by atoms with Crippen LogP contribution in [0.3, 0.4) is 0 Å². The smallest absolute Gasteiger partial charge is 0.188 e. The summed E-state index contributed by atoms with van der Waals surface area (Å²) >= 11 is 0. The van der Waals surface area contributed by atoms with Crippen molar-refractivity contribution in [3.8, 4) is 0 Å². The Morgan fingerprint density at radius 2 is 1.85 bits per heavy atom. The molecule has 0 spiro atoms. The van der Waals surface area contributed by atoms with E-state index in [0.29, 0.717) is 12.5 Å². The van der Waals surface area contributed by atoms with E-state index in [0.717, 1.165) is 25.1 Å². The molecule has 4 heteroatoms.